The van der Waals surface area contributed by atoms with E-state index in [1.165, 1.54) is 36.5 Å². The highest BCUT2D eigenvalue weighted by Gasteiger charge is 2.26. The topological polar surface area (TPSA) is 84.2 Å². The van der Waals surface area contributed by atoms with Crippen LogP contribution >= 0.6 is 0 Å². The van der Waals surface area contributed by atoms with Crippen LogP contribution in [0.3, 0.4) is 0 Å². The summed E-state index contributed by atoms with van der Waals surface area (Å²) in [4.78, 5) is 24.9. The van der Waals surface area contributed by atoms with E-state index in [1.807, 2.05) is 0 Å². The predicted molar refractivity (Wildman–Crippen MR) is 85.5 cm³/mol. The van der Waals surface area contributed by atoms with Crippen molar-refractivity contribution in [1.82, 2.24) is 15.1 Å². The van der Waals surface area contributed by atoms with Gasteiger partial charge in [-0.05, 0) is 37.1 Å². The fraction of sp³-hybridized carbons (Fsp3) is 0.353. The fourth-order valence-corrected chi connectivity index (χ4v) is 2.90. The number of nitrogens with one attached hydrogen (secondary N) is 1. The number of rotatable bonds is 3. The van der Waals surface area contributed by atoms with Crippen molar-refractivity contribution in [3.63, 3.8) is 0 Å². The van der Waals surface area contributed by atoms with Gasteiger partial charge in [0.15, 0.2) is 0 Å². The number of aliphatic hydroxyl groups is 1. The number of halogens is 1. The molecule has 2 N–H and O–H groups in total. The predicted octanol–water partition coefficient (Wildman–Crippen LogP) is 1.40. The number of hydrogen-bond donors (Lipinski definition) is 2. The van der Waals surface area contributed by atoms with Crippen LogP contribution in [-0.4, -0.2) is 32.9 Å². The van der Waals surface area contributed by atoms with Crippen molar-refractivity contribution in [2.75, 3.05) is 0 Å². The highest BCUT2D eigenvalue weighted by atomic mass is 19.1. The minimum Gasteiger partial charge on any atom is -0.391 e. The molecule has 0 spiro atoms. The van der Waals surface area contributed by atoms with E-state index < -0.39 is 23.4 Å². The van der Waals surface area contributed by atoms with Crippen molar-refractivity contribution < 1.29 is 14.3 Å². The van der Waals surface area contributed by atoms with Gasteiger partial charge in [0, 0.05) is 6.20 Å². The standard InChI is InChI=1S/C17H18FN3O3/c18-11-4-3-5-12(10-11)21-17(24)13(8-9-19-21)16(23)20-14-6-1-2-7-15(14)22/h3-5,8-10,14-15,22H,1-2,6-7H2,(H,20,23)/t14-,15+/m1/s1. The first-order valence-electron chi connectivity index (χ1n) is 7.89. The van der Waals surface area contributed by atoms with E-state index in [1.54, 1.807) is 0 Å². The molecule has 6 nitrogen and oxygen atoms in total. The number of benzene rings is 1. The molecule has 1 amide bonds. The summed E-state index contributed by atoms with van der Waals surface area (Å²) < 4.78 is 14.3. The summed E-state index contributed by atoms with van der Waals surface area (Å²) in [7, 11) is 0. The van der Waals surface area contributed by atoms with Crippen LogP contribution in [0.25, 0.3) is 5.69 Å². The van der Waals surface area contributed by atoms with Crippen LogP contribution in [0.15, 0.2) is 41.3 Å². The lowest BCUT2D eigenvalue weighted by Crippen LogP contribution is -2.46. The van der Waals surface area contributed by atoms with Crippen molar-refractivity contribution >= 4 is 5.91 Å². The Kier molecular flexibility index (Phi) is 4.71. The van der Waals surface area contributed by atoms with Gasteiger partial charge in [-0.3, -0.25) is 9.59 Å². The molecule has 1 fully saturated rings. The van der Waals surface area contributed by atoms with E-state index in [0.29, 0.717) is 12.8 Å². The Labute approximate surface area is 137 Å². The summed E-state index contributed by atoms with van der Waals surface area (Å²) >= 11 is 0. The SMILES string of the molecule is O=C(N[C@@H]1CCCC[C@@H]1O)c1ccnn(-c2cccc(F)c2)c1=O. The second-order valence-corrected chi connectivity index (χ2v) is 5.87. The lowest BCUT2D eigenvalue weighted by molar-refractivity contribution is 0.0716. The number of aliphatic hydroxyl groups excluding tert-OH is 1. The maximum Gasteiger partial charge on any atom is 0.284 e. The van der Waals surface area contributed by atoms with Crippen molar-refractivity contribution in [3.05, 3.63) is 58.3 Å². The number of amides is 1. The average molecular weight is 331 g/mol. The molecule has 1 aromatic heterocycles. The van der Waals surface area contributed by atoms with Crippen molar-refractivity contribution in [3.8, 4) is 5.69 Å². The lowest BCUT2D eigenvalue weighted by atomic mass is 9.92. The minimum absolute atomic E-state index is 0.0907. The Morgan fingerprint density at radius 2 is 2.08 bits per heavy atom. The Bertz CT molecular complexity index is 806. The molecule has 2 atom stereocenters. The van der Waals surface area contributed by atoms with Crippen LogP contribution in [0.4, 0.5) is 4.39 Å². The van der Waals surface area contributed by atoms with Gasteiger partial charge >= 0.3 is 0 Å². The van der Waals surface area contributed by atoms with Gasteiger partial charge in [0.25, 0.3) is 11.5 Å². The highest BCUT2D eigenvalue weighted by molar-refractivity contribution is 5.94. The van der Waals surface area contributed by atoms with Crippen molar-refractivity contribution in [2.24, 2.45) is 0 Å². The molecule has 1 saturated carbocycles. The molecule has 1 aliphatic rings. The summed E-state index contributed by atoms with van der Waals surface area (Å²) in [6.45, 7) is 0. The van der Waals surface area contributed by atoms with E-state index in [4.69, 9.17) is 0 Å². The summed E-state index contributed by atoms with van der Waals surface area (Å²) in [5.74, 6) is -1.06. The van der Waals surface area contributed by atoms with Crippen LogP contribution in [0, 0.1) is 5.82 Å². The third-order valence-electron chi connectivity index (χ3n) is 4.19. The van der Waals surface area contributed by atoms with Gasteiger partial charge in [-0.15, -0.1) is 0 Å². The summed E-state index contributed by atoms with van der Waals surface area (Å²) in [6, 6.07) is 6.38. The molecular formula is C17H18FN3O3. The van der Waals surface area contributed by atoms with E-state index in [0.717, 1.165) is 17.5 Å². The van der Waals surface area contributed by atoms with Gasteiger partial charge in [0.1, 0.15) is 11.4 Å². The van der Waals surface area contributed by atoms with E-state index in [-0.39, 0.29) is 17.3 Å². The quantitative estimate of drug-likeness (QED) is 0.890. The van der Waals surface area contributed by atoms with Crippen LogP contribution < -0.4 is 10.9 Å². The zero-order valence-electron chi connectivity index (χ0n) is 13.0. The van der Waals surface area contributed by atoms with Gasteiger partial charge in [-0.25, -0.2) is 4.39 Å². The fourth-order valence-electron chi connectivity index (χ4n) is 2.90. The molecular weight excluding hydrogens is 313 g/mol. The molecule has 1 aliphatic carbocycles. The zero-order chi connectivity index (χ0) is 17.1. The third-order valence-corrected chi connectivity index (χ3v) is 4.19. The van der Waals surface area contributed by atoms with Crippen molar-refractivity contribution in [2.45, 2.75) is 37.8 Å². The molecule has 0 aliphatic heterocycles. The van der Waals surface area contributed by atoms with Gasteiger partial charge in [-0.2, -0.15) is 9.78 Å². The molecule has 1 heterocycles. The van der Waals surface area contributed by atoms with E-state index >= 15 is 0 Å². The smallest absolute Gasteiger partial charge is 0.284 e. The lowest BCUT2D eigenvalue weighted by Gasteiger charge is -2.28. The zero-order valence-corrected chi connectivity index (χ0v) is 13.0. The Hall–Kier alpha value is -2.54. The number of carbonyl (C=O) groups is 1. The number of carbonyl (C=O) groups excluding carboxylic acids is 1. The average Bonchev–Trinajstić information content (AvgIpc) is 2.57. The first-order valence-corrected chi connectivity index (χ1v) is 7.89. The Morgan fingerprint density at radius 3 is 2.83 bits per heavy atom. The van der Waals surface area contributed by atoms with E-state index in [2.05, 4.69) is 10.4 Å². The molecule has 0 radical (unpaired) electrons. The molecule has 0 saturated heterocycles. The molecule has 0 unspecified atom stereocenters. The van der Waals surface area contributed by atoms with E-state index in [9.17, 15) is 19.1 Å². The van der Waals surface area contributed by atoms with Gasteiger partial charge in [0.2, 0.25) is 0 Å². The maximum absolute atomic E-state index is 13.3. The second-order valence-electron chi connectivity index (χ2n) is 5.87. The molecule has 2 aromatic rings. The summed E-state index contributed by atoms with van der Waals surface area (Å²) in [5, 5.41) is 16.6. The van der Waals surface area contributed by atoms with Crippen LogP contribution in [0.1, 0.15) is 36.0 Å². The first kappa shape index (κ1) is 16.3. The molecule has 0 bridgehead atoms. The Balaban J connectivity index is 1.87. The largest absolute Gasteiger partial charge is 0.391 e. The number of nitrogens with zero attached hydrogens (tertiary/aromatic N) is 2. The van der Waals surface area contributed by atoms with Gasteiger partial charge in [0.05, 0.1) is 17.8 Å². The maximum atomic E-state index is 13.3. The monoisotopic (exact) mass is 331 g/mol. The molecule has 3 rings (SSSR count). The van der Waals surface area contributed by atoms with Gasteiger partial charge < -0.3 is 10.4 Å². The van der Waals surface area contributed by atoms with Crippen LogP contribution in [-0.2, 0) is 0 Å². The molecule has 126 valence electrons. The molecule has 1 aromatic carbocycles. The van der Waals surface area contributed by atoms with Crippen molar-refractivity contribution in [1.29, 1.82) is 0 Å². The summed E-state index contributed by atoms with van der Waals surface area (Å²) in [6.07, 6.45) is 3.87. The molecule has 24 heavy (non-hydrogen) atoms. The normalized spacial score (nSPS) is 20.6. The minimum atomic E-state index is -0.633. The van der Waals surface area contributed by atoms with Gasteiger partial charge in [-0.1, -0.05) is 18.9 Å². The van der Waals surface area contributed by atoms with Crippen LogP contribution in [0.2, 0.25) is 0 Å². The Morgan fingerprint density at radius 1 is 1.29 bits per heavy atom. The third kappa shape index (κ3) is 3.35. The summed E-state index contributed by atoms with van der Waals surface area (Å²) in [5.41, 5.74) is -0.481. The molecule has 7 heteroatoms. The second kappa shape index (κ2) is 6.92. The van der Waals surface area contributed by atoms with Crippen LogP contribution in [0.5, 0.6) is 0 Å². The first-order chi connectivity index (χ1) is 11.6. The highest BCUT2D eigenvalue weighted by Crippen LogP contribution is 2.18. The number of aromatic nitrogens is 2. The number of hydrogen-bond acceptors (Lipinski definition) is 4.